The molecule has 0 aliphatic carbocycles. The van der Waals surface area contributed by atoms with E-state index in [0.717, 1.165) is 24.2 Å². The molecular weight excluding hydrogens is 252 g/mol. The van der Waals surface area contributed by atoms with Crippen LogP contribution in [0.2, 0.25) is 0 Å². The molecule has 0 spiro atoms. The molecule has 1 atom stereocenters. The summed E-state index contributed by atoms with van der Waals surface area (Å²) in [6.45, 7) is 6.39. The van der Waals surface area contributed by atoms with Crippen molar-refractivity contribution < 1.29 is 9.53 Å². The van der Waals surface area contributed by atoms with Crippen LogP contribution in [-0.2, 0) is 9.53 Å². The van der Waals surface area contributed by atoms with Gasteiger partial charge < -0.3 is 15.0 Å². The molecule has 0 saturated carbocycles. The number of hydrogen-bond donors (Lipinski definition) is 1. The molecular formula is C16H26N2O2. The fraction of sp³-hybridized carbons (Fsp3) is 0.562. The second-order valence-electron chi connectivity index (χ2n) is 5.13. The van der Waals surface area contributed by atoms with Gasteiger partial charge >= 0.3 is 5.97 Å². The van der Waals surface area contributed by atoms with Crippen LogP contribution in [0, 0.1) is 6.92 Å². The summed E-state index contributed by atoms with van der Waals surface area (Å²) >= 11 is 0. The van der Waals surface area contributed by atoms with Crippen LogP contribution in [-0.4, -0.2) is 32.7 Å². The topological polar surface area (TPSA) is 41.6 Å². The van der Waals surface area contributed by atoms with Crippen molar-refractivity contribution in [2.45, 2.75) is 39.7 Å². The number of ether oxygens (including phenoxy) is 1. The van der Waals surface area contributed by atoms with E-state index < -0.39 is 0 Å². The standard InChI is InChI=1S/C16H26N2O2/c1-6-8-14(16(19)20-7-2)17-13-10-9-12(3)15(11-13)18(4)5/h9-11,14,17H,6-8H2,1-5H3. The van der Waals surface area contributed by atoms with Crippen molar-refractivity contribution in [2.24, 2.45) is 0 Å². The van der Waals surface area contributed by atoms with E-state index in [2.05, 4.69) is 36.2 Å². The molecule has 0 bridgehead atoms. The fourth-order valence-electron chi connectivity index (χ4n) is 2.16. The summed E-state index contributed by atoms with van der Waals surface area (Å²) in [5, 5.41) is 3.29. The van der Waals surface area contributed by atoms with Crippen LogP contribution >= 0.6 is 0 Å². The van der Waals surface area contributed by atoms with Crippen LogP contribution in [0.5, 0.6) is 0 Å². The largest absolute Gasteiger partial charge is 0.464 e. The second-order valence-corrected chi connectivity index (χ2v) is 5.13. The molecule has 1 aromatic rings. The summed E-state index contributed by atoms with van der Waals surface area (Å²) in [6, 6.07) is 5.85. The van der Waals surface area contributed by atoms with Crippen LogP contribution in [0.3, 0.4) is 0 Å². The number of rotatable bonds is 7. The van der Waals surface area contributed by atoms with Gasteiger partial charge in [-0.3, -0.25) is 0 Å². The van der Waals surface area contributed by atoms with Gasteiger partial charge in [0.15, 0.2) is 0 Å². The van der Waals surface area contributed by atoms with Crippen molar-refractivity contribution in [2.75, 3.05) is 30.9 Å². The molecule has 0 radical (unpaired) electrons. The number of anilines is 2. The van der Waals surface area contributed by atoms with Crippen LogP contribution in [0.15, 0.2) is 18.2 Å². The Labute approximate surface area is 122 Å². The lowest BCUT2D eigenvalue weighted by Gasteiger charge is -2.21. The Kier molecular flexibility index (Phi) is 6.36. The number of nitrogens with zero attached hydrogens (tertiary/aromatic N) is 1. The third-order valence-electron chi connectivity index (χ3n) is 3.18. The van der Waals surface area contributed by atoms with Gasteiger partial charge in [-0.05, 0) is 38.0 Å². The van der Waals surface area contributed by atoms with Gasteiger partial charge in [-0.25, -0.2) is 4.79 Å². The van der Waals surface area contributed by atoms with E-state index in [9.17, 15) is 4.79 Å². The summed E-state index contributed by atoms with van der Waals surface area (Å²) in [6.07, 6.45) is 1.70. The molecule has 0 saturated heterocycles. The smallest absolute Gasteiger partial charge is 0.328 e. The number of hydrogen-bond acceptors (Lipinski definition) is 4. The molecule has 1 N–H and O–H groups in total. The zero-order valence-electron chi connectivity index (χ0n) is 13.2. The Hall–Kier alpha value is -1.71. The molecule has 0 aliphatic rings. The minimum absolute atomic E-state index is 0.179. The SMILES string of the molecule is CCCC(Nc1ccc(C)c(N(C)C)c1)C(=O)OCC. The minimum Gasteiger partial charge on any atom is -0.464 e. The monoisotopic (exact) mass is 278 g/mol. The third-order valence-corrected chi connectivity index (χ3v) is 3.18. The van der Waals surface area contributed by atoms with Crippen LogP contribution in [0.25, 0.3) is 0 Å². The first-order valence-electron chi connectivity index (χ1n) is 7.20. The van der Waals surface area contributed by atoms with E-state index in [1.54, 1.807) is 0 Å². The molecule has 4 heteroatoms. The molecule has 0 aromatic heterocycles. The minimum atomic E-state index is -0.280. The lowest BCUT2D eigenvalue weighted by atomic mass is 10.1. The summed E-state index contributed by atoms with van der Waals surface area (Å²) in [5.41, 5.74) is 3.31. The van der Waals surface area contributed by atoms with Gasteiger partial charge in [-0.2, -0.15) is 0 Å². The predicted octanol–water partition coefficient (Wildman–Crippen LogP) is 3.20. The molecule has 1 rings (SSSR count). The number of benzene rings is 1. The van der Waals surface area contributed by atoms with Gasteiger partial charge in [-0.1, -0.05) is 19.4 Å². The number of nitrogens with one attached hydrogen (secondary N) is 1. The fourth-order valence-corrected chi connectivity index (χ4v) is 2.16. The first-order valence-corrected chi connectivity index (χ1v) is 7.20. The average Bonchev–Trinajstić information content (AvgIpc) is 2.40. The van der Waals surface area contributed by atoms with Crippen molar-refractivity contribution >= 4 is 17.3 Å². The number of aryl methyl sites for hydroxylation is 1. The molecule has 1 aromatic carbocycles. The molecule has 20 heavy (non-hydrogen) atoms. The maximum absolute atomic E-state index is 11.9. The number of carbonyl (C=O) groups excluding carboxylic acids is 1. The van der Waals surface area contributed by atoms with Gasteiger partial charge in [0.2, 0.25) is 0 Å². The lowest BCUT2D eigenvalue weighted by molar-refractivity contribution is -0.144. The van der Waals surface area contributed by atoms with Crippen LogP contribution in [0.4, 0.5) is 11.4 Å². The average molecular weight is 278 g/mol. The maximum Gasteiger partial charge on any atom is 0.328 e. The Balaban J connectivity index is 2.88. The highest BCUT2D eigenvalue weighted by molar-refractivity contribution is 5.79. The van der Waals surface area contributed by atoms with Crippen molar-refractivity contribution in [3.63, 3.8) is 0 Å². The highest BCUT2D eigenvalue weighted by Crippen LogP contribution is 2.23. The Morgan fingerprint density at radius 1 is 1.35 bits per heavy atom. The van der Waals surface area contributed by atoms with Crippen molar-refractivity contribution in [3.05, 3.63) is 23.8 Å². The van der Waals surface area contributed by atoms with Gasteiger partial charge in [0.25, 0.3) is 0 Å². The highest BCUT2D eigenvalue weighted by Gasteiger charge is 2.18. The van der Waals surface area contributed by atoms with E-state index >= 15 is 0 Å². The zero-order chi connectivity index (χ0) is 15.1. The molecule has 1 unspecified atom stereocenters. The highest BCUT2D eigenvalue weighted by atomic mass is 16.5. The first-order chi connectivity index (χ1) is 9.49. The first kappa shape index (κ1) is 16.3. The van der Waals surface area contributed by atoms with Crippen LogP contribution in [0.1, 0.15) is 32.3 Å². The Morgan fingerprint density at radius 2 is 2.05 bits per heavy atom. The predicted molar refractivity (Wildman–Crippen MR) is 84.5 cm³/mol. The molecule has 0 aliphatic heterocycles. The van der Waals surface area contributed by atoms with Gasteiger partial charge in [0, 0.05) is 25.5 Å². The normalized spacial score (nSPS) is 11.8. The number of carbonyl (C=O) groups is 1. The lowest BCUT2D eigenvalue weighted by Crippen LogP contribution is -2.31. The van der Waals surface area contributed by atoms with Crippen LogP contribution < -0.4 is 10.2 Å². The summed E-state index contributed by atoms with van der Waals surface area (Å²) in [5.74, 6) is -0.179. The van der Waals surface area contributed by atoms with Crippen molar-refractivity contribution in [1.29, 1.82) is 0 Å². The third kappa shape index (κ3) is 4.44. The quantitative estimate of drug-likeness (QED) is 0.778. The maximum atomic E-state index is 11.9. The van der Waals surface area contributed by atoms with E-state index in [-0.39, 0.29) is 12.0 Å². The Bertz CT molecular complexity index is 444. The number of esters is 1. The zero-order valence-corrected chi connectivity index (χ0v) is 13.2. The van der Waals surface area contributed by atoms with Gasteiger partial charge in [0.1, 0.15) is 6.04 Å². The molecule has 0 amide bonds. The van der Waals surface area contributed by atoms with Crippen molar-refractivity contribution in [3.8, 4) is 0 Å². The van der Waals surface area contributed by atoms with E-state index in [1.165, 1.54) is 5.56 Å². The summed E-state index contributed by atoms with van der Waals surface area (Å²) < 4.78 is 5.12. The van der Waals surface area contributed by atoms with E-state index in [0.29, 0.717) is 6.61 Å². The summed E-state index contributed by atoms with van der Waals surface area (Å²) in [7, 11) is 4.03. The van der Waals surface area contributed by atoms with Gasteiger partial charge in [0.05, 0.1) is 6.61 Å². The molecule has 4 nitrogen and oxygen atoms in total. The molecule has 0 fully saturated rings. The van der Waals surface area contributed by atoms with Crippen molar-refractivity contribution in [1.82, 2.24) is 0 Å². The Morgan fingerprint density at radius 3 is 2.60 bits per heavy atom. The second kappa shape index (κ2) is 7.78. The summed E-state index contributed by atoms with van der Waals surface area (Å²) in [4.78, 5) is 14.0. The van der Waals surface area contributed by atoms with Gasteiger partial charge in [-0.15, -0.1) is 0 Å². The molecule has 112 valence electrons. The van der Waals surface area contributed by atoms with E-state index in [1.807, 2.05) is 27.1 Å². The molecule has 0 heterocycles. The van der Waals surface area contributed by atoms with E-state index in [4.69, 9.17) is 4.74 Å².